The number of benzene rings is 4. The van der Waals surface area contributed by atoms with Gasteiger partial charge >= 0.3 is 0 Å². The van der Waals surface area contributed by atoms with Crippen molar-refractivity contribution in [1.82, 2.24) is 0 Å². The predicted molar refractivity (Wildman–Crippen MR) is 142 cm³/mol. The Labute approximate surface area is 213 Å². The molecule has 0 atom stereocenters. The molecule has 0 amide bonds. The molecule has 0 fully saturated rings. The summed E-state index contributed by atoms with van der Waals surface area (Å²) in [7, 11) is 3.04. The number of methoxy groups -OCH3 is 2. The number of ketones is 2. The molecule has 0 radical (unpaired) electrons. The van der Waals surface area contributed by atoms with Crippen molar-refractivity contribution in [3.8, 4) is 11.5 Å². The smallest absolute Gasteiger partial charge is 0.197 e. The van der Waals surface area contributed by atoms with Crippen molar-refractivity contribution in [3.05, 3.63) is 102 Å². The topological polar surface area (TPSA) is 52.6 Å². The maximum atomic E-state index is 13.7. The Kier molecular flexibility index (Phi) is 6.80. The molecule has 4 nitrogen and oxygen atoms in total. The van der Waals surface area contributed by atoms with Crippen molar-refractivity contribution >= 4 is 67.5 Å². The summed E-state index contributed by atoms with van der Waals surface area (Å²) in [4.78, 5) is 27.3. The fraction of sp³-hybridized carbons (Fsp3) is 0.0769. The molecule has 0 unspecified atom stereocenters. The third kappa shape index (κ3) is 4.25. The van der Waals surface area contributed by atoms with Crippen LogP contribution in [-0.2, 0) is 0 Å². The number of hydrogen-bond donors (Lipinski definition) is 0. The molecule has 4 aromatic carbocycles. The van der Waals surface area contributed by atoms with E-state index in [1.807, 2.05) is 36.4 Å². The quantitative estimate of drug-likeness (QED) is 0.177. The Bertz CT molecular complexity index is 1230. The minimum absolute atomic E-state index is 0.214. The minimum atomic E-state index is -0.214. The molecular weight excluding hydrogens is 630 g/mol. The highest BCUT2D eigenvalue weighted by molar-refractivity contribution is 14.1. The first-order valence-electron chi connectivity index (χ1n) is 9.73. The molecule has 0 spiro atoms. The first-order valence-corrected chi connectivity index (χ1v) is 11.9. The second kappa shape index (κ2) is 9.58. The number of rotatable bonds is 6. The van der Waals surface area contributed by atoms with E-state index in [4.69, 9.17) is 9.47 Å². The van der Waals surface area contributed by atoms with Crippen LogP contribution in [0.3, 0.4) is 0 Å². The summed E-state index contributed by atoms with van der Waals surface area (Å²) in [5.41, 5.74) is 1.73. The van der Waals surface area contributed by atoms with Gasteiger partial charge in [-0.15, -0.1) is 0 Å². The van der Waals surface area contributed by atoms with Gasteiger partial charge in [0.25, 0.3) is 0 Å². The van der Waals surface area contributed by atoms with Gasteiger partial charge in [0.15, 0.2) is 11.6 Å². The van der Waals surface area contributed by atoms with Crippen LogP contribution in [0.25, 0.3) is 10.8 Å². The molecule has 32 heavy (non-hydrogen) atoms. The Morgan fingerprint density at radius 2 is 0.969 bits per heavy atom. The zero-order chi connectivity index (χ0) is 22.8. The van der Waals surface area contributed by atoms with Crippen LogP contribution in [-0.4, -0.2) is 25.8 Å². The maximum absolute atomic E-state index is 13.7. The SMILES string of the molecule is COc1ccc2ccc(OC)c(C(=O)c3ccc(I)cc3)c2c1C(=O)c1ccc(I)cc1. The van der Waals surface area contributed by atoms with Gasteiger partial charge < -0.3 is 9.47 Å². The second-order valence-corrected chi connectivity index (χ2v) is 9.55. The van der Waals surface area contributed by atoms with Gasteiger partial charge in [-0.25, -0.2) is 0 Å². The van der Waals surface area contributed by atoms with E-state index in [2.05, 4.69) is 45.2 Å². The maximum Gasteiger partial charge on any atom is 0.197 e. The monoisotopic (exact) mass is 648 g/mol. The highest BCUT2D eigenvalue weighted by Crippen LogP contribution is 2.38. The Morgan fingerprint density at radius 3 is 1.31 bits per heavy atom. The molecule has 4 rings (SSSR count). The van der Waals surface area contributed by atoms with Crippen LogP contribution in [0, 0.1) is 7.14 Å². The van der Waals surface area contributed by atoms with Crippen LogP contribution in [0.1, 0.15) is 31.8 Å². The van der Waals surface area contributed by atoms with Crippen molar-refractivity contribution < 1.29 is 19.1 Å². The highest BCUT2D eigenvalue weighted by Gasteiger charge is 2.26. The standard InChI is InChI=1S/C26H18I2O4/c1-31-20-13-7-15-8-14-21(32-2)24(26(30)17-5-11-19(28)12-6-17)22(15)23(20)25(29)16-3-9-18(27)10-4-16/h3-14H,1-2H3. The normalized spacial score (nSPS) is 10.8. The molecule has 0 N–H and O–H groups in total. The van der Waals surface area contributed by atoms with Crippen molar-refractivity contribution in [2.75, 3.05) is 14.2 Å². The van der Waals surface area contributed by atoms with Crippen LogP contribution in [0.5, 0.6) is 11.5 Å². The van der Waals surface area contributed by atoms with Gasteiger partial charge in [0.05, 0.1) is 25.3 Å². The molecule has 0 heterocycles. The van der Waals surface area contributed by atoms with E-state index in [1.54, 1.807) is 36.4 Å². The van der Waals surface area contributed by atoms with Crippen LogP contribution >= 0.6 is 45.2 Å². The first-order chi connectivity index (χ1) is 15.4. The fourth-order valence-electron chi connectivity index (χ4n) is 3.66. The molecule has 6 heteroatoms. The van der Waals surface area contributed by atoms with E-state index in [0.29, 0.717) is 39.1 Å². The van der Waals surface area contributed by atoms with Crippen LogP contribution in [0.2, 0.25) is 0 Å². The number of carbonyl (C=O) groups excluding carboxylic acids is 2. The number of carbonyl (C=O) groups is 2. The summed E-state index contributed by atoms with van der Waals surface area (Å²) >= 11 is 4.39. The van der Waals surface area contributed by atoms with E-state index in [0.717, 1.165) is 12.5 Å². The Morgan fingerprint density at radius 1 is 0.594 bits per heavy atom. The van der Waals surface area contributed by atoms with Gasteiger partial charge in [-0.2, -0.15) is 0 Å². The highest BCUT2D eigenvalue weighted by atomic mass is 127. The van der Waals surface area contributed by atoms with Crippen LogP contribution < -0.4 is 9.47 Å². The van der Waals surface area contributed by atoms with E-state index in [9.17, 15) is 9.59 Å². The van der Waals surface area contributed by atoms with Crippen molar-refractivity contribution in [2.24, 2.45) is 0 Å². The van der Waals surface area contributed by atoms with Gasteiger partial charge in [-0.3, -0.25) is 9.59 Å². The summed E-state index contributed by atoms with van der Waals surface area (Å²) < 4.78 is 13.2. The average molecular weight is 648 g/mol. The summed E-state index contributed by atoms with van der Waals surface area (Å²) in [6.45, 7) is 0. The van der Waals surface area contributed by atoms with Crippen LogP contribution in [0.15, 0.2) is 72.8 Å². The van der Waals surface area contributed by atoms with E-state index in [1.165, 1.54) is 14.2 Å². The molecule has 0 aromatic heterocycles. The van der Waals surface area contributed by atoms with E-state index >= 15 is 0 Å². The van der Waals surface area contributed by atoms with Gasteiger partial charge in [-0.1, -0.05) is 12.1 Å². The predicted octanol–water partition coefficient (Wildman–Crippen LogP) is 6.53. The molecule has 0 bridgehead atoms. The zero-order valence-corrected chi connectivity index (χ0v) is 21.6. The Balaban J connectivity index is 2.04. The minimum Gasteiger partial charge on any atom is -0.496 e. The Hall–Kier alpha value is -2.46. The van der Waals surface area contributed by atoms with Crippen molar-refractivity contribution in [2.45, 2.75) is 0 Å². The first kappa shape index (κ1) is 22.7. The summed E-state index contributed by atoms with van der Waals surface area (Å²) in [6.07, 6.45) is 0. The number of ether oxygens (including phenoxy) is 2. The third-order valence-electron chi connectivity index (χ3n) is 5.22. The largest absolute Gasteiger partial charge is 0.496 e. The van der Waals surface area contributed by atoms with E-state index < -0.39 is 0 Å². The fourth-order valence-corrected chi connectivity index (χ4v) is 4.38. The van der Waals surface area contributed by atoms with Gasteiger partial charge in [0.2, 0.25) is 0 Å². The molecule has 0 saturated carbocycles. The summed E-state index contributed by atoms with van der Waals surface area (Å²) in [5.74, 6) is 0.388. The zero-order valence-electron chi connectivity index (χ0n) is 17.3. The summed E-state index contributed by atoms with van der Waals surface area (Å²) in [5, 5.41) is 1.28. The molecule has 0 aliphatic heterocycles. The van der Waals surface area contributed by atoms with Crippen molar-refractivity contribution in [1.29, 1.82) is 0 Å². The lowest BCUT2D eigenvalue weighted by atomic mass is 9.89. The lowest BCUT2D eigenvalue weighted by Gasteiger charge is -2.17. The van der Waals surface area contributed by atoms with Gasteiger partial charge in [0, 0.05) is 23.7 Å². The third-order valence-corrected chi connectivity index (χ3v) is 6.66. The molecule has 0 aliphatic carbocycles. The second-order valence-electron chi connectivity index (χ2n) is 7.06. The lowest BCUT2D eigenvalue weighted by molar-refractivity contribution is 0.103. The molecule has 160 valence electrons. The van der Waals surface area contributed by atoms with Crippen molar-refractivity contribution in [3.63, 3.8) is 0 Å². The van der Waals surface area contributed by atoms with Gasteiger partial charge in [0.1, 0.15) is 11.5 Å². The number of halogens is 2. The van der Waals surface area contributed by atoms with Gasteiger partial charge in [-0.05, 0) is 111 Å². The number of fused-ring (bicyclic) bond motifs is 1. The lowest BCUT2D eigenvalue weighted by Crippen LogP contribution is -2.11. The van der Waals surface area contributed by atoms with E-state index in [-0.39, 0.29) is 11.6 Å². The molecule has 0 saturated heterocycles. The average Bonchev–Trinajstić information content (AvgIpc) is 2.82. The molecular formula is C26H18I2O4. The molecule has 4 aromatic rings. The van der Waals surface area contributed by atoms with Crippen LogP contribution in [0.4, 0.5) is 0 Å². The molecule has 0 aliphatic rings. The summed E-state index contributed by atoms with van der Waals surface area (Å²) in [6, 6.07) is 21.9. The number of hydrogen-bond acceptors (Lipinski definition) is 4.